The third-order valence-electron chi connectivity index (χ3n) is 2.97. The minimum atomic E-state index is -4.21. The quantitative estimate of drug-likeness (QED) is 0.560. The van der Waals surface area contributed by atoms with Crippen molar-refractivity contribution in [2.24, 2.45) is 5.92 Å². The van der Waals surface area contributed by atoms with E-state index in [-0.39, 0.29) is 0 Å². The molecule has 0 unspecified atom stereocenters. The van der Waals surface area contributed by atoms with Crippen molar-refractivity contribution in [1.29, 1.82) is 0 Å². The fourth-order valence-electron chi connectivity index (χ4n) is 1.84. The molecule has 90 valence electrons. The van der Waals surface area contributed by atoms with Crippen LogP contribution in [-0.2, 0) is 4.74 Å². The lowest BCUT2D eigenvalue weighted by molar-refractivity contribution is -0.206. The molecule has 0 N–H and O–H groups in total. The van der Waals surface area contributed by atoms with Crippen molar-refractivity contribution in [2.45, 2.75) is 44.4 Å². The molecular formula is C10H16F3IO. The normalized spacial score (nSPS) is 33.0. The van der Waals surface area contributed by atoms with E-state index in [0.29, 0.717) is 10.3 Å². The molecule has 0 bridgehead atoms. The van der Waals surface area contributed by atoms with Gasteiger partial charge in [-0.3, -0.25) is 0 Å². The van der Waals surface area contributed by atoms with E-state index in [1.54, 1.807) is 0 Å². The maximum Gasteiger partial charge on any atom is 0.411 e. The second-order valence-corrected chi connectivity index (χ2v) is 5.17. The van der Waals surface area contributed by atoms with E-state index in [1.165, 1.54) is 0 Å². The van der Waals surface area contributed by atoms with Crippen molar-refractivity contribution in [3.8, 4) is 0 Å². The van der Waals surface area contributed by atoms with Crippen LogP contribution in [0.25, 0.3) is 0 Å². The third kappa shape index (κ3) is 4.46. The Kier molecular flexibility index (Phi) is 4.70. The van der Waals surface area contributed by atoms with Crippen LogP contribution >= 0.6 is 22.6 Å². The first kappa shape index (κ1) is 13.5. The average molecular weight is 336 g/mol. The number of rotatable bonds is 3. The molecule has 0 radical (unpaired) electrons. The fraction of sp³-hybridized carbons (Fsp3) is 1.00. The van der Waals surface area contributed by atoms with Gasteiger partial charge >= 0.3 is 6.18 Å². The van der Waals surface area contributed by atoms with Crippen molar-refractivity contribution in [1.82, 2.24) is 0 Å². The van der Waals surface area contributed by atoms with Crippen molar-refractivity contribution in [3.05, 3.63) is 0 Å². The predicted octanol–water partition coefficient (Wildman–Crippen LogP) is 3.95. The minimum absolute atomic E-state index is 0.525. The number of hydrogen-bond donors (Lipinski definition) is 0. The number of alkyl halides is 4. The summed E-state index contributed by atoms with van der Waals surface area (Å²) in [6, 6.07) is 0. The maximum atomic E-state index is 12.1. The summed E-state index contributed by atoms with van der Waals surface area (Å²) in [4.78, 5) is 0. The molecule has 0 aromatic rings. The van der Waals surface area contributed by atoms with E-state index in [0.717, 1.165) is 25.7 Å². The molecule has 0 atom stereocenters. The monoisotopic (exact) mass is 336 g/mol. The lowest BCUT2D eigenvalue weighted by atomic mass is 9.80. The van der Waals surface area contributed by atoms with Gasteiger partial charge in [0.2, 0.25) is 0 Å². The Morgan fingerprint density at radius 3 is 2.27 bits per heavy atom. The molecule has 0 heterocycles. The molecule has 1 fully saturated rings. The van der Waals surface area contributed by atoms with Crippen LogP contribution in [0.5, 0.6) is 0 Å². The van der Waals surface area contributed by atoms with E-state index in [1.807, 2.05) is 0 Å². The van der Waals surface area contributed by atoms with Gasteiger partial charge in [-0.1, -0.05) is 29.5 Å². The number of ether oxygens (including phenoxy) is 1. The van der Waals surface area contributed by atoms with Crippen molar-refractivity contribution in [2.75, 3.05) is 11.0 Å². The molecule has 0 aliphatic heterocycles. The Bertz CT molecular complexity index is 197. The molecule has 1 rings (SSSR count). The van der Waals surface area contributed by atoms with Gasteiger partial charge in [0, 0.05) is 4.43 Å². The molecule has 1 aliphatic carbocycles. The van der Waals surface area contributed by atoms with Crippen molar-refractivity contribution in [3.63, 3.8) is 0 Å². The molecule has 15 heavy (non-hydrogen) atoms. The van der Waals surface area contributed by atoms with Gasteiger partial charge in [-0.15, -0.1) is 0 Å². The Hall–Kier alpha value is 0.480. The largest absolute Gasteiger partial charge is 0.411 e. The predicted molar refractivity (Wildman–Crippen MR) is 61.3 cm³/mol. The lowest BCUT2D eigenvalue weighted by Crippen LogP contribution is -2.41. The van der Waals surface area contributed by atoms with Gasteiger partial charge in [0.05, 0.1) is 5.60 Å². The molecule has 5 heteroatoms. The zero-order valence-corrected chi connectivity index (χ0v) is 10.9. The van der Waals surface area contributed by atoms with Crippen molar-refractivity contribution < 1.29 is 17.9 Å². The Labute approximate surface area is 102 Å². The van der Waals surface area contributed by atoms with E-state index in [2.05, 4.69) is 29.5 Å². The Morgan fingerprint density at radius 1 is 1.33 bits per heavy atom. The molecule has 0 saturated heterocycles. The molecule has 1 nitrogen and oxygen atoms in total. The highest BCUT2D eigenvalue weighted by molar-refractivity contribution is 14.1. The minimum Gasteiger partial charge on any atom is -0.365 e. The number of hydrogen-bond acceptors (Lipinski definition) is 1. The van der Waals surface area contributed by atoms with Gasteiger partial charge in [0.1, 0.15) is 6.61 Å². The highest BCUT2D eigenvalue weighted by Gasteiger charge is 2.38. The van der Waals surface area contributed by atoms with Crippen LogP contribution in [0.2, 0.25) is 0 Å². The summed E-state index contributed by atoms with van der Waals surface area (Å²) in [6.07, 6.45) is -0.746. The van der Waals surface area contributed by atoms with Gasteiger partial charge < -0.3 is 4.74 Å². The highest BCUT2D eigenvalue weighted by atomic mass is 127. The smallest absolute Gasteiger partial charge is 0.365 e. The summed E-state index contributed by atoms with van der Waals surface area (Å²) in [5.41, 5.74) is -0.525. The van der Waals surface area contributed by atoms with Crippen LogP contribution in [0.4, 0.5) is 13.2 Å². The fourth-order valence-corrected chi connectivity index (χ4v) is 2.82. The van der Waals surface area contributed by atoms with Crippen LogP contribution < -0.4 is 0 Å². The second kappa shape index (κ2) is 5.21. The topological polar surface area (TPSA) is 9.23 Å². The molecule has 1 aliphatic rings. The summed E-state index contributed by atoms with van der Waals surface area (Å²) in [7, 11) is 0. The molecule has 0 aromatic carbocycles. The molecule has 0 spiro atoms. The zero-order chi connectivity index (χ0) is 11.5. The third-order valence-corrected chi connectivity index (χ3v) is 4.36. The number of halogens is 4. The molecular weight excluding hydrogens is 320 g/mol. The summed E-state index contributed by atoms with van der Waals surface area (Å²) >= 11 is 2.13. The van der Waals surface area contributed by atoms with E-state index < -0.39 is 18.4 Å². The van der Waals surface area contributed by atoms with Gasteiger partial charge in [-0.25, -0.2) is 0 Å². The lowest BCUT2D eigenvalue weighted by Gasteiger charge is -2.38. The van der Waals surface area contributed by atoms with Crippen LogP contribution in [0.1, 0.15) is 32.6 Å². The van der Waals surface area contributed by atoms with Crippen LogP contribution in [0.15, 0.2) is 0 Å². The summed E-state index contributed by atoms with van der Waals surface area (Å²) in [6.45, 7) is 1.03. The van der Waals surface area contributed by atoms with E-state index in [9.17, 15) is 13.2 Å². The molecule has 1 saturated carbocycles. The zero-order valence-electron chi connectivity index (χ0n) is 8.74. The summed E-state index contributed by atoms with van der Waals surface area (Å²) in [5.74, 6) is 0.621. The van der Waals surface area contributed by atoms with Gasteiger partial charge in [-0.2, -0.15) is 13.2 Å². The Morgan fingerprint density at radius 2 is 1.87 bits per heavy atom. The molecule has 0 amide bonds. The second-order valence-electron chi connectivity index (χ2n) is 4.40. The first-order chi connectivity index (χ1) is 6.87. The summed E-state index contributed by atoms with van der Waals surface area (Å²) < 4.78 is 41.9. The molecule has 0 aromatic heterocycles. The van der Waals surface area contributed by atoms with Crippen molar-refractivity contribution >= 4 is 22.6 Å². The van der Waals surface area contributed by atoms with Gasteiger partial charge in [0.25, 0.3) is 0 Å². The SMILES string of the molecule is CC1CCC(CI)(OCC(F)(F)F)CC1. The van der Waals surface area contributed by atoms with Gasteiger partial charge in [-0.05, 0) is 31.6 Å². The first-order valence-corrected chi connectivity index (χ1v) is 6.66. The van der Waals surface area contributed by atoms with Crippen LogP contribution in [0.3, 0.4) is 0 Å². The average Bonchev–Trinajstić information content (AvgIpc) is 2.17. The highest BCUT2D eigenvalue weighted by Crippen LogP contribution is 2.37. The first-order valence-electron chi connectivity index (χ1n) is 5.14. The van der Waals surface area contributed by atoms with Crippen LogP contribution in [-0.4, -0.2) is 22.8 Å². The Balaban J connectivity index is 2.47. The summed E-state index contributed by atoms with van der Waals surface area (Å²) in [5, 5.41) is 0. The maximum absolute atomic E-state index is 12.1. The standard InChI is InChI=1S/C10H16F3IO/c1-8-2-4-9(6-14,5-3-8)15-7-10(11,12)13/h8H,2-7H2,1H3. The van der Waals surface area contributed by atoms with Gasteiger partial charge in [0.15, 0.2) is 0 Å². The van der Waals surface area contributed by atoms with E-state index in [4.69, 9.17) is 4.74 Å². The van der Waals surface area contributed by atoms with Crippen LogP contribution in [0, 0.1) is 5.92 Å². The van der Waals surface area contributed by atoms with E-state index >= 15 is 0 Å².